The van der Waals surface area contributed by atoms with Gasteiger partial charge < -0.3 is 20.9 Å². The Morgan fingerprint density at radius 2 is 2.13 bits per heavy atom. The summed E-state index contributed by atoms with van der Waals surface area (Å²) >= 11 is 0. The zero-order chi connectivity index (χ0) is 12.1. The summed E-state index contributed by atoms with van der Waals surface area (Å²) in [6.45, 7) is 6.62. The minimum atomic E-state index is -1.27. The average molecular weight is 216 g/mol. The fourth-order valence-corrected chi connectivity index (χ4v) is 1.19. The first kappa shape index (κ1) is 13.3. The maximum Gasteiger partial charge on any atom is 0.370 e. The molecule has 15 heavy (non-hydrogen) atoms. The molecule has 0 rings (SSSR count). The van der Waals surface area contributed by atoms with Crippen molar-refractivity contribution in [2.24, 2.45) is 5.73 Å². The van der Waals surface area contributed by atoms with Crippen LogP contribution in [0, 0.1) is 0 Å². The second kappa shape index (κ2) is 5.23. The van der Waals surface area contributed by atoms with Gasteiger partial charge in [-0.25, -0.2) is 9.59 Å². The topological polar surface area (TPSA) is 102 Å². The lowest BCUT2D eigenvalue weighted by Crippen LogP contribution is -2.50. The van der Waals surface area contributed by atoms with E-state index in [1.165, 1.54) is 6.92 Å². The standard InChI is InChI=1S/C9H16N2O4/c1-4-5-9(3,11-8(10)14)15-6(2)7(12)13/h2,4-5H2,1,3H3,(H,12,13)(H3,10,11,14). The van der Waals surface area contributed by atoms with E-state index in [2.05, 4.69) is 11.9 Å². The number of ether oxygens (including phenoxy) is 1. The number of carboxylic acid groups (broad SMARTS) is 1. The van der Waals surface area contributed by atoms with Gasteiger partial charge in [-0.1, -0.05) is 13.3 Å². The van der Waals surface area contributed by atoms with Crippen LogP contribution in [0.25, 0.3) is 0 Å². The minimum Gasteiger partial charge on any atom is -0.475 e. The summed E-state index contributed by atoms with van der Waals surface area (Å²) < 4.78 is 5.04. The number of carboxylic acids is 1. The largest absolute Gasteiger partial charge is 0.475 e. The van der Waals surface area contributed by atoms with Gasteiger partial charge in [0.1, 0.15) is 0 Å². The van der Waals surface area contributed by atoms with E-state index in [-0.39, 0.29) is 0 Å². The summed E-state index contributed by atoms with van der Waals surface area (Å²) in [5.74, 6) is -1.71. The molecule has 0 aliphatic heterocycles. The van der Waals surface area contributed by atoms with Gasteiger partial charge in [-0.15, -0.1) is 0 Å². The maximum absolute atomic E-state index is 10.7. The third-order valence-corrected chi connectivity index (χ3v) is 1.70. The predicted molar refractivity (Wildman–Crippen MR) is 53.9 cm³/mol. The predicted octanol–water partition coefficient (Wildman–Crippen LogP) is 0.786. The van der Waals surface area contributed by atoms with Crippen LogP contribution in [0.5, 0.6) is 0 Å². The van der Waals surface area contributed by atoms with Gasteiger partial charge in [-0.05, 0) is 13.5 Å². The van der Waals surface area contributed by atoms with Crippen molar-refractivity contribution >= 4 is 12.0 Å². The molecule has 1 unspecified atom stereocenters. The van der Waals surface area contributed by atoms with Crippen molar-refractivity contribution in [2.45, 2.75) is 32.4 Å². The molecule has 0 saturated heterocycles. The molecule has 0 bridgehead atoms. The van der Waals surface area contributed by atoms with E-state index >= 15 is 0 Å². The molecule has 0 radical (unpaired) electrons. The van der Waals surface area contributed by atoms with Crippen molar-refractivity contribution in [2.75, 3.05) is 0 Å². The van der Waals surface area contributed by atoms with Gasteiger partial charge in [0.15, 0.2) is 11.5 Å². The highest BCUT2D eigenvalue weighted by Gasteiger charge is 2.28. The van der Waals surface area contributed by atoms with Crippen molar-refractivity contribution in [3.63, 3.8) is 0 Å². The highest BCUT2D eigenvalue weighted by Crippen LogP contribution is 2.17. The molecular weight excluding hydrogens is 200 g/mol. The molecule has 0 spiro atoms. The fraction of sp³-hybridized carbons (Fsp3) is 0.556. The second-order valence-electron chi connectivity index (χ2n) is 3.30. The van der Waals surface area contributed by atoms with E-state index in [9.17, 15) is 9.59 Å². The van der Waals surface area contributed by atoms with E-state index in [1.807, 2.05) is 6.92 Å². The molecule has 6 nitrogen and oxygen atoms in total. The Hall–Kier alpha value is -1.72. The minimum absolute atomic E-state index is 0.431. The first-order valence-electron chi connectivity index (χ1n) is 4.49. The first-order chi connectivity index (χ1) is 6.80. The van der Waals surface area contributed by atoms with E-state index < -0.39 is 23.5 Å². The Labute approximate surface area is 88.1 Å². The summed E-state index contributed by atoms with van der Waals surface area (Å²) in [7, 11) is 0. The monoisotopic (exact) mass is 216 g/mol. The summed E-state index contributed by atoms with van der Waals surface area (Å²) in [5, 5.41) is 10.9. The number of hydrogen-bond acceptors (Lipinski definition) is 3. The summed E-state index contributed by atoms with van der Waals surface area (Å²) in [6.07, 6.45) is 1.13. The zero-order valence-corrected chi connectivity index (χ0v) is 8.87. The molecule has 0 aliphatic carbocycles. The van der Waals surface area contributed by atoms with Crippen LogP contribution in [0.1, 0.15) is 26.7 Å². The average Bonchev–Trinajstić information content (AvgIpc) is 2.01. The molecule has 0 saturated carbocycles. The van der Waals surface area contributed by atoms with Crippen LogP contribution < -0.4 is 11.1 Å². The molecule has 0 aromatic heterocycles. The molecule has 0 aliphatic rings. The van der Waals surface area contributed by atoms with E-state index in [0.29, 0.717) is 12.8 Å². The smallest absolute Gasteiger partial charge is 0.370 e. The fourth-order valence-electron chi connectivity index (χ4n) is 1.19. The molecule has 1 atom stereocenters. The summed E-state index contributed by atoms with van der Waals surface area (Å²) in [5.41, 5.74) is 3.82. The lowest BCUT2D eigenvalue weighted by Gasteiger charge is -2.30. The van der Waals surface area contributed by atoms with Crippen molar-refractivity contribution in [1.29, 1.82) is 0 Å². The van der Waals surface area contributed by atoms with Crippen molar-refractivity contribution in [1.82, 2.24) is 5.32 Å². The lowest BCUT2D eigenvalue weighted by atomic mass is 10.1. The van der Waals surface area contributed by atoms with Gasteiger partial charge in [0.05, 0.1) is 0 Å². The van der Waals surface area contributed by atoms with Gasteiger partial charge in [0, 0.05) is 6.42 Å². The van der Waals surface area contributed by atoms with Crippen molar-refractivity contribution in [3.8, 4) is 0 Å². The lowest BCUT2D eigenvalue weighted by molar-refractivity contribution is -0.140. The molecule has 4 N–H and O–H groups in total. The molecule has 86 valence electrons. The van der Waals surface area contributed by atoms with Gasteiger partial charge in [-0.3, -0.25) is 0 Å². The van der Waals surface area contributed by atoms with E-state index in [0.717, 1.165) is 0 Å². The number of carbonyl (C=O) groups excluding carboxylic acids is 1. The number of hydrogen-bond donors (Lipinski definition) is 3. The highest BCUT2D eigenvalue weighted by molar-refractivity contribution is 5.83. The van der Waals surface area contributed by atoms with Crippen LogP contribution in [0.2, 0.25) is 0 Å². The molecular formula is C9H16N2O4. The van der Waals surface area contributed by atoms with Gasteiger partial charge in [0.25, 0.3) is 0 Å². The van der Waals surface area contributed by atoms with Crippen LogP contribution in [0.4, 0.5) is 4.79 Å². The number of nitrogens with one attached hydrogen (secondary N) is 1. The zero-order valence-electron chi connectivity index (χ0n) is 8.87. The van der Waals surface area contributed by atoms with E-state index in [4.69, 9.17) is 15.6 Å². The van der Waals surface area contributed by atoms with E-state index in [1.54, 1.807) is 0 Å². The Morgan fingerprint density at radius 1 is 1.60 bits per heavy atom. The Kier molecular flexibility index (Phi) is 4.63. The van der Waals surface area contributed by atoms with Crippen molar-refractivity contribution < 1.29 is 19.4 Å². The molecule has 2 amide bonds. The normalized spacial score (nSPS) is 13.7. The molecule has 0 aromatic carbocycles. The second-order valence-corrected chi connectivity index (χ2v) is 3.30. The molecule has 0 fully saturated rings. The van der Waals surface area contributed by atoms with Gasteiger partial charge in [-0.2, -0.15) is 0 Å². The van der Waals surface area contributed by atoms with Crippen LogP contribution in [0.15, 0.2) is 12.3 Å². The van der Waals surface area contributed by atoms with Gasteiger partial charge in [0.2, 0.25) is 0 Å². The van der Waals surface area contributed by atoms with Crippen LogP contribution in [-0.2, 0) is 9.53 Å². The number of urea groups is 1. The third kappa shape index (κ3) is 4.90. The number of primary amides is 1. The highest BCUT2D eigenvalue weighted by atomic mass is 16.5. The maximum atomic E-state index is 10.7. The summed E-state index contributed by atoms with van der Waals surface area (Å²) in [6, 6.07) is -0.774. The number of aliphatic carboxylic acids is 1. The number of carbonyl (C=O) groups is 2. The van der Waals surface area contributed by atoms with Crippen LogP contribution >= 0.6 is 0 Å². The molecule has 0 aromatic rings. The number of nitrogens with two attached hydrogens (primary N) is 1. The SMILES string of the molecule is C=C(OC(C)(CCC)NC(N)=O)C(=O)O. The number of amides is 2. The summed E-state index contributed by atoms with van der Waals surface area (Å²) in [4.78, 5) is 21.2. The Bertz CT molecular complexity index is 277. The first-order valence-corrected chi connectivity index (χ1v) is 4.49. The van der Waals surface area contributed by atoms with Crippen LogP contribution in [-0.4, -0.2) is 22.8 Å². The molecule has 0 heterocycles. The van der Waals surface area contributed by atoms with Gasteiger partial charge >= 0.3 is 12.0 Å². The quantitative estimate of drug-likeness (QED) is 0.347. The van der Waals surface area contributed by atoms with Crippen LogP contribution in [0.3, 0.4) is 0 Å². The Morgan fingerprint density at radius 3 is 2.47 bits per heavy atom. The third-order valence-electron chi connectivity index (χ3n) is 1.70. The molecule has 6 heteroatoms. The van der Waals surface area contributed by atoms with Crippen molar-refractivity contribution in [3.05, 3.63) is 12.3 Å². The number of rotatable bonds is 6. The Balaban J connectivity index is 4.56.